The lowest BCUT2D eigenvalue weighted by atomic mass is 10.2. The third-order valence-corrected chi connectivity index (χ3v) is 1.89. The number of rotatable bonds is 4. The summed E-state index contributed by atoms with van der Waals surface area (Å²) in [4.78, 5) is 3.49. The van der Waals surface area contributed by atoms with E-state index in [1.807, 2.05) is 0 Å². The molecule has 0 bridgehead atoms. The van der Waals surface area contributed by atoms with Crippen LogP contribution in [0.2, 0.25) is 0 Å². The fourth-order valence-corrected chi connectivity index (χ4v) is 1.21. The van der Waals surface area contributed by atoms with Crippen LogP contribution < -0.4 is 9.47 Å². The number of aliphatic hydroxyl groups excluding tert-OH is 1. The van der Waals surface area contributed by atoms with Crippen molar-refractivity contribution in [1.29, 1.82) is 0 Å². The van der Waals surface area contributed by atoms with Gasteiger partial charge in [-0.15, -0.1) is 13.2 Å². The third-order valence-electron chi connectivity index (χ3n) is 1.89. The Morgan fingerprint density at radius 1 is 1.41 bits per heavy atom. The van der Waals surface area contributed by atoms with Crippen LogP contribution in [0.25, 0.3) is 0 Å². The van der Waals surface area contributed by atoms with E-state index in [1.165, 1.54) is 0 Å². The molecule has 0 unspecified atom stereocenters. The Labute approximate surface area is 93.8 Å². The number of hydrogen-bond donors (Lipinski definition) is 1. The molecule has 0 radical (unpaired) electrons. The van der Waals surface area contributed by atoms with Gasteiger partial charge >= 0.3 is 6.36 Å². The first-order valence-electron chi connectivity index (χ1n) is 4.40. The molecule has 4 nitrogen and oxygen atoms in total. The molecule has 0 atom stereocenters. The second kappa shape index (κ2) is 5.17. The standard InChI is InChI=1S/C9H9F4NO3/c1-16-7-3-14-6(4-15)8(5(7)2-10)17-9(11,12)13/h3,15H,2,4H2,1H3. The van der Waals surface area contributed by atoms with E-state index in [9.17, 15) is 17.6 Å². The molecule has 1 rings (SSSR count). The second-order valence-corrected chi connectivity index (χ2v) is 2.92. The summed E-state index contributed by atoms with van der Waals surface area (Å²) < 4.78 is 57.3. The molecular weight excluding hydrogens is 246 g/mol. The Hall–Kier alpha value is -1.57. The fraction of sp³-hybridized carbons (Fsp3) is 0.444. The summed E-state index contributed by atoms with van der Waals surface area (Å²) in [6.07, 6.45) is -3.98. The lowest BCUT2D eigenvalue weighted by molar-refractivity contribution is -0.275. The Morgan fingerprint density at radius 3 is 2.47 bits per heavy atom. The van der Waals surface area contributed by atoms with Crippen LogP contribution in [0.1, 0.15) is 11.3 Å². The monoisotopic (exact) mass is 255 g/mol. The van der Waals surface area contributed by atoms with Crippen LogP contribution in [0.5, 0.6) is 11.5 Å². The van der Waals surface area contributed by atoms with Gasteiger partial charge in [-0.1, -0.05) is 0 Å². The molecule has 0 saturated heterocycles. The van der Waals surface area contributed by atoms with E-state index >= 15 is 0 Å². The molecule has 0 aromatic carbocycles. The van der Waals surface area contributed by atoms with Crippen molar-refractivity contribution in [2.45, 2.75) is 19.6 Å². The van der Waals surface area contributed by atoms with Gasteiger partial charge in [0, 0.05) is 0 Å². The van der Waals surface area contributed by atoms with Crippen LogP contribution in [0.15, 0.2) is 6.20 Å². The van der Waals surface area contributed by atoms with Crippen molar-refractivity contribution in [3.8, 4) is 11.5 Å². The van der Waals surface area contributed by atoms with Crippen molar-refractivity contribution < 1.29 is 32.1 Å². The average molecular weight is 255 g/mol. The predicted octanol–water partition coefficient (Wildman–Crippen LogP) is 1.95. The smallest absolute Gasteiger partial charge is 0.495 e. The van der Waals surface area contributed by atoms with Gasteiger partial charge in [0.05, 0.1) is 25.5 Å². The van der Waals surface area contributed by atoms with E-state index in [4.69, 9.17) is 5.11 Å². The topological polar surface area (TPSA) is 51.6 Å². The largest absolute Gasteiger partial charge is 0.573 e. The van der Waals surface area contributed by atoms with Gasteiger partial charge in [-0.2, -0.15) is 0 Å². The number of aromatic nitrogens is 1. The molecule has 1 aromatic rings. The van der Waals surface area contributed by atoms with Gasteiger partial charge in [-0.05, 0) is 0 Å². The number of hydrogen-bond acceptors (Lipinski definition) is 4. The maximum atomic E-state index is 12.7. The summed E-state index contributed by atoms with van der Waals surface area (Å²) in [5.74, 6) is -1.04. The minimum Gasteiger partial charge on any atom is -0.495 e. The Bertz CT molecular complexity index is 395. The van der Waals surface area contributed by atoms with Crippen LogP contribution in [-0.4, -0.2) is 23.6 Å². The van der Waals surface area contributed by atoms with E-state index in [0.29, 0.717) is 0 Å². The first kappa shape index (κ1) is 13.5. The lowest BCUT2D eigenvalue weighted by Gasteiger charge is -2.16. The van der Waals surface area contributed by atoms with Crippen molar-refractivity contribution in [3.05, 3.63) is 17.5 Å². The number of pyridine rings is 1. The molecular formula is C9H9F4NO3. The van der Waals surface area contributed by atoms with Crippen molar-refractivity contribution in [2.24, 2.45) is 0 Å². The SMILES string of the molecule is COc1cnc(CO)c(OC(F)(F)F)c1CF. The maximum absolute atomic E-state index is 12.7. The average Bonchev–Trinajstić information content (AvgIpc) is 2.26. The van der Waals surface area contributed by atoms with Crippen molar-refractivity contribution in [3.63, 3.8) is 0 Å². The maximum Gasteiger partial charge on any atom is 0.573 e. The van der Waals surface area contributed by atoms with E-state index in [0.717, 1.165) is 13.3 Å². The van der Waals surface area contributed by atoms with Gasteiger partial charge in [0.2, 0.25) is 0 Å². The molecule has 0 fully saturated rings. The van der Waals surface area contributed by atoms with Gasteiger partial charge < -0.3 is 14.6 Å². The fourth-order valence-electron chi connectivity index (χ4n) is 1.21. The van der Waals surface area contributed by atoms with E-state index < -0.39 is 36.7 Å². The number of alkyl halides is 4. The second-order valence-electron chi connectivity index (χ2n) is 2.92. The Morgan fingerprint density at radius 2 is 2.06 bits per heavy atom. The summed E-state index contributed by atoms with van der Waals surface area (Å²) in [5.41, 5.74) is -0.848. The summed E-state index contributed by atoms with van der Waals surface area (Å²) in [7, 11) is 1.16. The first-order valence-corrected chi connectivity index (χ1v) is 4.40. The van der Waals surface area contributed by atoms with Crippen molar-refractivity contribution in [2.75, 3.05) is 7.11 Å². The number of nitrogens with zero attached hydrogens (tertiary/aromatic N) is 1. The van der Waals surface area contributed by atoms with Gasteiger partial charge in [-0.25, -0.2) is 4.39 Å². The summed E-state index contributed by atoms with van der Waals surface area (Å²) in [6, 6.07) is 0. The van der Waals surface area contributed by atoms with E-state index in [2.05, 4.69) is 14.5 Å². The Balaban J connectivity index is 3.30. The van der Waals surface area contributed by atoms with Crippen LogP contribution in [0.3, 0.4) is 0 Å². The van der Waals surface area contributed by atoms with Crippen LogP contribution in [-0.2, 0) is 13.3 Å². The quantitative estimate of drug-likeness (QED) is 0.835. The molecule has 96 valence electrons. The molecule has 1 aromatic heterocycles. The first-order chi connectivity index (χ1) is 7.92. The molecule has 1 heterocycles. The number of aliphatic hydroxyl groups is 1. The van der Waals surface area contributed by atoms with Gasteiger partial charge in [-0.3, -0.25) is 4.98 Å². The van der Waals surface area contributed by atoms with Gasteiger partial charge in [0.25, 0.3) is 0 Å². The highest BCUT2D eigenvalue weighted by Gasteiger charge is 2.34. The predicted molar refractivity (Wildman–Crippen MR) is 48.2 cm³/mol. The zero-order chi connectivity index (χ0) is 13.1. The number of methoxy groups -OCH3 is 1. The molecule has 0 aliphatic carbocycles. The molecule has 0 saturated carbocycles. The molecule has 0 spiro atoms. The highest BCUT2D eigenvalue weighted by Crippen LogP contribution is 2.35. The molecule has 0 amide bonds. The molecule has 1 N–H and O–H groups in total. The van der Waals surface area contributed by atoms with Crippen molar-refractivity contribution in [1.82, 2.24) is 4.98 Å². The van der Waals surface area contributed by atoms with E-state index in [1.54, 1.807) is 0 Å². The van der Waals surface area contributed by atoms with Gasteiger partial charge in [0.1, 0.15) is 18.1 Å². The van der Waals surface area contributed by atoms with Crippen LogP contribution in [0.4, 0.5) is 17.6 Å². The zero-order valence-corrected chi connectivity index (χ0v) is 8.71. The third kappa shape index (κ3) is 3.19. The van der Waals surface area contributed by atoms with Crippen molar-refractivity contribution >= 4 is 0 Å². The number of ether oxygens (including phenoxy) is 2. The lowest BCUT2D eigenvalue weighted by Crippen LogP contribution is -2.20. The Kier molecular flexibility index (Phi) is 4.11. The highest BCUT2D eigenvalue weighted by atomic mass is 19.4. The molecule has 0 aliphatic rings. The number of halogens is 4. The minimum atomic E-state index is -5.00. The summed E-state index contributed by atoms with van der Waals surface area (Å²) in [6.45, 7) is -2.04. The normalized spacial score (nSPS) is 11.4. The minimum absolute atomic E-state index is 0.177. The van der Waals surface area contributed by atoms with E-state index in [-0.39, 0.29) is 5.75 Å². The zero-order valence-electron chi connectivity index (χ0n) is 8.71. The van der Waals surface area contributed by atoms with Gasteiger partial charge in [0.15, 0.2) is 5.75 Å². The summed E-state index contributed by atoms with van der Waals surface area (Å²) >= 11 is 0. The summed E-state index contributed by atoms with van der Waals surface area (Å²) in [5, 5.41) is 8.83. The molecule has 17 heavy (non-hydrogen) atoms. The van der Waals surface area contributed by atoms with Crippen LogP contribution in [0, 0.1) is 0 Å². The van der Waals surface area contributed by atoms with Crippen LogP contribution >= 0.6 is 0 Å². The molecule has 8 heteroatoms. The molecule has 0 aliphatic heterocycles. The highest BCUT2D eigenvalue weighted by molar-refractivity contribution is 5.45.